The van der Waals surface area contributed by atoms with Gasteiger partial charge in [-0.15, -0.1) is 0 Å². The molecule has 0 unspecified atom stereocenters. The van der Waals surface area contributed by atoms with Gasteiger partial charge in [0.15, 0.2) is 0 Å². The van der Waals surface area contributed by atoms with Gasteiger partial charge in [-0.2, -0.15) is 0 Å². The van der Waals surface area contributed by atoms with Gasteiger partial charge in [-0.25, -0.2) is 0 Å². The van der Waals surface area contributed by atoms with Crippen molar-refractivity contribution in [1.29, 1.82) is 0 Å². The lowest BCUT2D eigenvalue weighted by molar-refractivity contribution is -0.126. The van der Waals surface area contributed by atoms with Crippen molar-refractivity contribution in [3.8, 4) is 5.75 Å². The fraction of sp³-hybridized carbons (Fsp3) is 0.263. The number of halogens is 1. The van der Waals surface area contributed by atoms with Gasteiger partial charge in [-0.1, -0.05) is 29.8 Å². The third-order valence-corrected chi connectivity index (χ3v) is 4.30. The monoisotopic (exact) mass is 358 g/mol. The van der Waals surface area contributed by atoms with Crippen molar-refractivity contribution in [2.75, 3.05) is 24.6 Å². The standard InChI is InChI=1S/C19H19ClN2O3/c20-15-6-8-16(9-7-15)22-13-14(12-18(22)23)19(24)21-10-11-25-17-4-2-1-3-5-17/h1-9,14H,10-13H2,(H,21,24)/t14-/m1/s1. The minimum atomic E-state index is -0.347. The van der Waals surface area contributed by atoms with Crippen LogP contribution in [0, 0.1) is 5.92 Å². The number of carbonyl (C=O) groups excluding carboxylic acids is 2. The molecular formula is C19H19ClN2O3. The van der Waals surface area contributed by atoms with E-state index >= 15 is 0 Å². The van der Waals surface area contributed by atoms with Crippen molar-refractivity contribution in [2.45, 2.75) is 6.42 Å². The Morgan fingerprint density at radius 3 is 2.60 bits per heavy atom. The lowest BCUT2D eigenvalue weighted by Gasteiger charge is -2.16. The van der Waals surface area contributed by atoms with Gasteiger partial charge in [0.1, 0.15) is 12.4 Å². The van der Waals surface area contributed by atoms with E-state index in [0.29, 0.717) is 24.7 Å². The fourth-order valence-electron chi connectivity index (χ4n) is 2.76. The van der Waals surface area contributed by atoms with Gasteiger partial charge < -0.3 is 15.0 Å². The quantitative estimate of drug-likeness (QED) is 0.808. The van der Waals surface area contributed by atoms with Crippen molar-refractivity contribution in [1.82, 2.24) is 5.32 Å². The first-order valence-electron chi connectivity index (χ1n) is 8.15. The molecule has 0 bridgehead atoms. The van der Waals surface area contributed by atoms with Crippen LogP contribution in [0.15, 0.2) is 54.6 Å². The Morgan fingerprint density at radius 1 is 1.16 bits per heavy atom. The van der Waals surface area contributed by atoms with Gasteiger partial charge in [0.2, 0.25) is 11.8 Å². The number of carbonyl (C=O) groups is 2. The van der Waals surface area contributed by atoms with Gasteiger partial charge in [0, 0.05) is 23.7 Å². The molecule has 25 heavy (non-hydrogen) atoms. The molecule has 1 N–H and O–H groups in total. The Hall–Kier alpha value is -2.53. The maximum atomic E-state index is 12.3. The number of hydrogen-bond donors (Lipinski definition) is 1. The van der Waals surface area contributed by atoms with Crippen LogP contribution >= 0.6 is 11.6 Å². The lowest BCUT2D eigenvalue weighted by Crippen LogP contribution is -2.35. The van der Waals surface area contributed by atoms with E-state index in [0.717, 1.165) is 11.4 Å². The summed E-state index contributed by atoms with van der Waals surface area (Å²) in [7, 11) is 0. The molecule has 2 aromatic rings. The molecule has 3 rings (SSSR count). The van der Waals surface area contributed by atoms with Crippen LogP contribution in [0.1, 0.15) is 6.42 Å². The zero-order valence-electron chi connectivity index (χ0n) is 13.7. The Kier molecular flexibility index (Phi) is 5.56. The summed E-state index contributed by atoms with van der Waals surface area (Å²) in [5.74, 6) is 0.242. The van der Waals surface area contributed by atoms with Crippen molar-refractivity contribution in [3.63, 3.8) is 0 Å². The molecule has 0 radical (unpaired) electrons. The molecule has 1 fully saturated rings. The predicted molar refractivity (Wildman–Crippen MR) is 96.9 cm³/mol. The molecule has 130 valence electrons. The fourth-order valence-corrected chi connectivity index (χ4v) is 2.88. The van der Waals surface area contributed by atoms with E-state index in [1.54, 1.807) is 29.2 Å². The molecule has 1 aliphatic rings. The smallest absolute Gasteiger partial charge is 0.227 e. The van der Waals surface area contributed by atoms with Crippen molar-refractivity contribution in [2.24, 2.45) is 5.92 Å². The Bertz CT molecular complexity index is 734. The lowest BCUT2D eigenvalue weighted by atomic mass is 10.1. The highest BCUT2D eigenvalue weighted by atomic mass is 35.5. The van der Waals surface area contributed by atoms with Crippen LogP contribution in [-0.4, -0.2) is 31.5 Å². The second kappa shape index (κ2) is 8.03. The average molecular weight is 359 g/mol. The number of nitrogens with zero attached hydrogens (tertiary/aromatic N) is 1. The Morgan fingerprint density at radius 2 is 1.88 bits per heavy atom. The molecule has 1 aliphatic heterocycles. The van der Waals surface area contributed by atoms with Crippen LogP contribution in [0.4, 0.5) is 5.69 Å². The normalized spacial score (nSPS) is 16.8. The first kappa shape index (κ1) is 17.3. The third kappa shape index (κ3) is 4.51. The molecule has 0 saturated carbocycles. The molecule has 0 spiro atoms. The van der Waals surface area contributed by atoms with Crippen LogP contribution in [0.3, 0.4) is 0 Å². The number of anilines is 1. The number of benzene rings is 2. The van der Waals surface area contributed by atoms with Gasteiger partial charge in [-0.3, -0.25) is 9.59 Å². The van der Waals surface area contributed by atoms with E-state index in [-0.39, 0.29) is 24.2 Å². The molecule has 0 aromatic heterocycles. The van der Waals surface area contributed by atoms with E-state index in [1.807, 2.05) is 30.3 Å². The van der Waals surface area contributed by atoms with E-state index in [9.17, 15) is 9.59 Å². The first-order chi connectivity index (χ1) is 12.1. The zero-order valence-corrected chi connectivity index (χ0v) is 14.4. The summed E-state index contributed by atoms with van der Waals surface area (Å²) in [5.41, 5.74) is 0.761. The molecule has 5 nitrogen and oxygen atoms in total. The molecule has 2 aromatic carbocycles. The van der Waals surface area contributed by atoms with Gasteiger partial charge >= 0.3 is 0 Å². The van der Waals surface area contributed by atoms with Gasteiger partial charge in [0.05, 0.1) is 12.5 Å². The Balaban J connectivity index is 1.46. The van der Waals surface area contributed by atoms with E-state index in [4.69, 9.17) is 16.3 Å². The van der Waals surface area contributed by atoms with Crippen LogP contribution in [0.25, 0.3) is 0 Å². The molecule has 6 heteroatoms. The number of rotatable bonds is 6. The van der Waals surface area contributed by atoms with E-state index in [2.05, 4.69) is 5.32 Å². The molecule has 1 atom stereocenters. The number of hydrogen-bond acceptors (Lipinski definition) is 3. The molecular weight excluding hydrogens is 340 g/mol. The van der Waals surface area contributed by atoms with Crippen molar-refractivity contribution in [3.05, 3.63) is 59.6 Å². The molecule has 1 saturated heterocycles. The number of para-hydroxylation sites is 1. The highest BCUT2D eigenvalue weighted by Crippen LogP contribution is 2.26. The molecule has 0 aliphatic carbocycles. The SMILES string of the molecule is O=C(NCCOc1ccccc1)[C@@H]1CC(=O)N(c2ccc(Cl)cc2)C1. The van der Waals surface area contributed by atoms with Gasteiger partial charge in [0.25, 0.3) is 0 Å². The average Bonchev–Trinajstić information content (AvgIpc) is 3.02. The summed E-state index contributed by atoms with van der Waals surface area (Å²) in [6.45, 7) is 1.17. The summed E-state index contributed by atoms with van der Waals surface area (Å²) in [5, 5.41) is 3.45. The van der Waals surface area contributed by atoms with Crippen LogP contribution in [0.2, 0.25) is 5.02 Å². The van der Waals surface area contributed by atoms with Gasteiger partial charge in [-0.05, 0) is 36.4 Å². The minimum absolute atomic E-state index is 0.0528. The van der Waals surface area contributed by atoms with Crippen molar-refractivity contribution >= 4 is 29.1 Å². The largest absolute Gasteiger partial charge is 0.492 e. The number of ether oxygens (including phenoxy) is 1. The Labute approximate surface area is 151 Å². The van der Waals surface area contributed by atoms with E-state index in [1.165, 1.54) is 0 Å². The maximum Gasteiger partial charge on any atom is 0.227 e. The third-order valence-electron chi connectivity index (χ3n) is 4.05. The van der Waals surface area contributed by atoms with Crippen LogP contribution < -0.4 is 15.0 Å². The zero-order chi connectivity index (χ0) is 17.6. The summed E-state index contributed by atoms with van der Waals surface area (Å²) < 4.78 is 5.54. The topological polar surface area (TPSA) is 58.6 Å². The van der Waals surface area contributed by atoms with E-state index < -0.39 is 0 Å². The molecule has 1 heterocycles. The second-order valence-corrected chi connectivity index (χ2v) is 6.27. The number of amides is 2. The maximum absolute atomic E-state index is 12.3. The second-order valence-electron chi connectivity index (χ2n) is 5.83. The summed E-state index contributed by atoms with van der Waals surface area (Å²) in [6.07, 6.45) is 0.216. The highest BCUT2D eigenvalue weighted by Gasteiger charge is 2.34. The summed E-state index contributed by atoms with van der Waals surface area (Å²) in [6, 6.07) is 16.5. The van der Waals surface area contributed by atoms with Crippen molar-refractivity contribution < 1.29 is 14.3 Å². The summed E-state index contributed by atoms with van der Waals surface area (Å²) >= 11 is 5.87. The number of nitrogens with one attached hydrogen (secondary N) is 1. The molecule has 2 amide bonds. The predicted octanol–water partition coefficient (Wildman–Crippen LogP) is 2.89. The minimum Gasteiger partial charge on any atom is -0.492 e. The van der Waals surface area contributed by atoms with Crippen LogP contribution in [0.5, 0.6) is 5.75 Å². The van der Waals surface area contributed by atoms with Crippen LogP contribution in [-0.2, 0) is 9.59 Å². The highest BCUT2D eigenvalue weighted by molar-refractivity contribution is 6.30. The summed E-state index contributed by atoms with van der Waals surface area (Å²) in [4.78, 5) is 26.1. The first-order valence-corrected chi connectivity index (χ1v) is 8.53.